The van der Waals surface area contributed by atoms with Gasteiger partial charge >= 0.3 is 0 Å². The number of nitrogens with zero attached hydrogens (tertiary/aromatic N) is 3. The summed E-state index contributed by atoms with van der Waals surface area (Å²) in [4.78, 5) is 19.8. The number of para-hydroxylation sites is 2. The van der Waals surface area contributed by atoms with Gasteiger partial charge in [0.2, 0.25) is 5.91 Å². The van der Waals surface area contributed by atoms with Crippen LogP contribution in [0.3, 0.4) is 0 Å². The number of ether oxygens (including phenoxy) is 2. The molecular formula is C30H31N3O3. The summed E-state index contributed by atoms with van der Waals surface area (Å²) < 4.78 is 13.9. The quantitative estimate of drug-likeness (QED) is 0.309. The van der Waals surface area contributed by atoms with Crippen LogP contribution in [0.2, 0.25) is 0 Å². The summed E-state index contributed by atoms with van der Waals surface area (Å²) in [6.45, 7) is 4.36. The third-order valence-electron chi connectivity index (χ3n) is 6.60. The SMILES string of the molecule is C/C=C/c1ccc(OCCn2c([C@@H]3CC(=O)N(Cc4ccccc4)C3)nc3ccccc32)c(OC)c1. The first-order valence-corrected chi connectivity index (χ1v) is 12.4. The number of carbonyl (C=O) groups is 1. The summed E-state index contributed by atoms with van der Waals surface area (Å²) >= 11 is 0. The van der Waals surface area contributed by atoms with E-state index in [1.165, 1.54) is 0 Å². The van der Waals surface area contributed by atoms with Crippen LogP contribution >= 0.6 is 0 Å². The number of rotatable bonds is 9. The lowest BCUT2D eigenvalue weighted by atomic mass is 10.1. The average molecular weight is 482 g/mol. The van der Waals surface area contributed by atoms with Crippen molar-refractivity contribution in [3.63, 3.8) is 0 Å². The van der Waals surface area contributed by atoms with Crippen LogP contribution in [0.25, 0.3) is 17.1 Å². The molecule has 184 valence electrons. The van der Waals surface area contributed by atoms with Crippen molar-refractivity contribution in [3.8, 4) is 11.5 Å². The molecule has 0 radical (unpaired) electrons. The molecule has 1 saturated heterocycles. The minimum atomic E-state index is 0.0447. The molecule has 5 rings (SSSR count). The molecule has 0 saturated carbocycles. The monoisotopic (exact) mass is 481 g/mol. The largest absolute Gasteiger partial charge is 0.493 e. The van der Waals surface area contributed by atoms with Crippen LogP contribution in [0.5, 0.6) is 11.5 Å². The average Bonchev–Trinajstić information content (AvgIpc) is 3.45. The van der Waals surface area contributed by atoms with Crippen molar-refractivity contribution >= 4 is 23.0 Å². The summed E-state index contributed by atoms with van der Waals surface area (Å²) in [7, 11) is 1.65. The normalized spacial score (nSPS) is 15.8. The Morgan fingerprint density at radius 1 is 1.03 bits per heavy atom. The Morgan fingerprint density at radius 2 is 1.83 bits per heavy atom. The Kier molecular flexibility index (Phi) is 7.03. The van der Waals surface area contributed by atoms with Crippen LogP contribution in [-0.2, 0) is 17.9 Å². The molecule has 0 bridgehead atoms. The van der Waals surface area contributed by atoms with E-state index in [2.05, 4.69) is 22.8 Å². The van der Waals surface area contributed by atoms with Crippen LogP contribution in [-0.4, -0.2) is 40.6 Å². The fraction of sp³-hybridized carbons (Fsp3) is 0.267. The lowest BCUT2D eigenvalue weighted by Gasteiger charge is -2.18. The maximum Gasteiger partial charge on any atom is 0.223 e. The van der Waals surface area contributed by atoms with Crippen molar-refractivity contribution < 1.29 is 14.3 Å². The van der Waals surface area contributed by atoms with E-state index in [1.807, 2.05) is 78.6 Å². The fourth-order valence-electron chi connectivity index (χ4n) is 4.89. The van der Waals surface area contributed by atoms with Crippen LogP contribution in [0.1, 0.15) is 36.2 Å². The van der Waals surface area contributed by atoms with Crippen LogP contribution in [0.15, 0.2) is 78.9 Å². The fourth-order valence-corrected chi connectivity index (χ4v) is 4.89. The minimum absolute atomic E-state index is 0.0447. The van der Waals surface area contributed by atoms with Gasteiger partial charge < -0.3 is 18.9 Å². The third-order valence-corrected chi connectivity index (χ3v) is 6.60. The zero-order chi connectivity index (χ0) is 24.9. The van der Waals surface area contributed by atoms with Crippen molar-refractivity contribution in [2.45, 2.75) is 32.4 Å². The molecule has 0 spiro atoms. The van der Waals surface area contributed by atoms with Gasteiger partial charge in [-0.05, 0) is 42.3 Å². The molecule has 6 heteroatoms. The van der Waals surface area contributed by atoms with Crippen LogP contribution < -0.4 is 9.47 Å². The highest BCUT2D eigenvalue weighted by molar-refractivity contribution is 5.81. The van der Waals surface area contributed by atoms with E-state index in [-0.39, 0.29) is 11.8 Å². The van der Waals surface area contributed by atoms with Gasteiger partial charge in [-0.25, -0.2) is 4.98 Å². The van der Waals surface area contributed by atoms with Gasteiger partial charge in [0.1, 0.15) is 12.4 Å². The predicted octanol–water partition coefficient (Wildman–Crippen LogP) is 5.67. The van der Waals surface area contributed by atoms with Crippen molar-refractivity contribution in [2.24, 2.45) is 0 Å². The topological polar surface area (TPSA) is 56.6 Å². The maximum absolute atomic E-state index is 12.9. The number of benzene rings is 3. The van der Waals surface area contributed by atoms with Gasteiger partial charge in [-0.1, -0.05) is 60.7 Å². The van der Waals surface area contributed by atoms with Gasteiger partial charge in [-0.3, -0.25) is 4.79 Å². The Labute approximate surface area is 211 Å². The van der Waals surface area contributed by atoms with Gasteiger partial charge in [0.15, 0.2) is 11.5 Å². The Hall–Kier alpha value is -4.06. The molecule has 36 heavy (non-hydrogen) atoms. The molecule has 6 nitrogen and oxygen atoms in total. The second-order valence-corrected chi connectivity index (χ2v) is 9.03. The molecule has 0 unspecified atom stereocenters. The zero-order valence-electron chi connectivity index (χ0n) is 20.8. The lowest BCUT2D eigenvalue weighted by molar-refractivity contribution is -0.128. The number of methoxy groups -OCH3 is 1. The number of carbonyl (C=O) groups excluding carboxylic acids is 1. The molecule has 0 aliphatic carbocycles. The van der Waals surface area contributed by atoms with Crippen molar-refractivity contribution in [1.82, 2.24) is 14.5 Å². The van der Waals surface area contributed by atoms with E-state index in [0.29, 0.717) is 44.2 Å². The van der Waals surface area contributed by atoms with Gasteiger partial charge in [0.25, 0.3) is 0 Å². The summed E-state index contributed by atoms with van der Waals surface area (Å²) in [6, 6.07) is 24.2. The molecule has 4 aromatic rings. The number of hydrogen-bond acceptors (Lipinski definition) is 4. The smallest absolute Gasteiger partial charge is 0.223 e. The third kappa shape index (κ3) is 4.98. The first-order valence-electron chi connectivity index (χ1n) is 12.4. The molecule has 3 aromatic carbocycles. The van der Waals surface area contributed by atoms with E-state index in [4.69, 9.17) is 14.5 Å². The number of imidazole rings is 1. The summed E-state index contributed by atoms with van der Waals surface area (Å²) in [5.41, 5.74) is 4.20. The van der Waals surface area contributed by atoms with Crippen molar-refractivity contribution in [1.29, 1.82) is 0 Å². The first-order chi connectivity index (χ1) is 17.7. The molecule has 1 aliphatic rings. The highest BCUT2D eigenvalue weighted by atomic mass is 16.5. The number of hydrogen-bond donors (Lipinski definition) is 0. The van der Waals surface area contributed by atoms with Crippen LogP contribution in [0.4, 0.5) is 0 Å². The van der Waals surface area contributed by atoms with Gasteiger partial charge in [0, 0.05) is 25.4 Å². The molecule has 1 aromatic heterocycles. The lowest BCUT2D eigenvalue weighted by Crippen LogP contribution is -2.24. The predicted molar refractivity (Wildman–Crippen MR) is 142 cm³/mol. The highest BCUT2D eigenvalue weighted by Gasteiger charge is 2.34. The number of aromatic nitrogens is 2. The second kappa shape index (κ2) is 10.7. The van der Waals surface area contributed by atoms with E-state index in [1.54, 1.807) is 7.11 Å². The number of amides is 1. The molecule has 1 fully saturated rings. The second-order valence-electron chi connectivity index (χ2n) is 9.03. The van der Waals surface area contributed by atoms with Gasteiger partial charge in [0.05, 0.1) is 24.7 Å². The standard InChI is InChI=1S/C30H31N3O3/c1-3-9-22-14-15-27(28(18-22)35-2)36-17-16-33-26-13-8-7-12-25(26)31-30(33)24-19-29(34)32(21-24)20-23-10-5-4-6-11-23/h3-15,18,24H,16-17,19-21H2,1-2H3/b9-3+/t24-/m1/s1. The molecule has 1 aliphatic heterocycles. The molecule has 2 heterocycles. The Balaban J connectivity index is 1.34. The van der Waals surface area contributed by atoms with Gasteiger partial charge in [-0.2, -0.15) is 0 Å². The van der Waals surface area contributed by atoms with Crippen molar-refractivity contribution in [2.75, 3.05) is 20.3 Å². The molecule has 1 atom stereocenters. The first kappa shape index (κ1) is 23.7. The Morgan fingerprint density at radius 3 is 2.64 bits per heavy atom. The minimum Gasteiger partial charge on any atom is -0.493 e. The van der Waals surface area contributed by atoms with E-state index in [0.717, 1.165) is 28.0 Å². The maximum atomic E-state index is 12.9. The molecule has 0 N–H and O–H groups in total. The highest BCUT2D eigenvalue weighted by Crippen LogP contribution is 2.32. The molecular weight excluding hydrogens is 450 g/mol. The van der Waals surface area contributed by atoms with Crippen molar-refractivity contribution in [3.05, 3.63) is 95.8 Å². The number of likely N-dealkylation sites (tertiary alicyclic amines) is 1. The summed E-state index contributed by atoms with van der Waals surface area (Å²) in [5, 5.41) is 0. The van der Waals surface area contributed by atoms with Gasteiger partial charge in [-0.15, -0.1) is 0 Å². The van der Waals surface area contributed by atoms with E-state index in [9.17, 15) is 4.79 Å². The zero-order valence-corrected chi connectivity index (χ0v) is 20.8. The van der Waals surface area contributed by atoms with E-state index < -0.39 is 0 Å². The molecule has 1 amide bonds. The summed E-state index contributed by atoms with van der Waals surface area (Å²) in [6.07, 6.45) is 4.49. The number of allylic oxidation sites excluding steroid dienone is 1. The van der Waals surface area contributed by atoms with E-state index >= 15 is 0 Å². The van der Waals surface area contributed by atoms with Crippen LogP contribution in [0, 0.1) is 0 Å². The number of fused-ring (bicyclic) bond motifs is 1. The summed E-state index contributed by atoms with van der Waals surface area (Å²) in [5.74, 6) is 2.58. The Bertz CT molecular complexity index is 1380.